The maximum absolute atomic E-state index is 11.5. The molecular weight excluding hydrogens is 163 g/mol. The summed E-state index contributed by atoms with van der Waals surface area (Å²) in [7, 11) is 0. The van der Waals surface area contributed by atoms with Crippen molar-refractivity contribution in [2.45, 2.75) is 18.1 Å². The van der Waals surface area contributed by atoms with Gasteiger partial charge in [0, 0.05) is 6.16 Å². The highest BCUT2D eigenvalue weighted by atomic mass is 32.7. The van der Waals surface area contributed by atoms with E-state index in [-0.39, 0.29) is 5.25 Å². The number of hydrogen-bond acceptors (Lipinski definition) is 2. The van der Waals surface area contributed by atoms with Crippen LogP contribution < -0.4 is 0 Å². The van der Waals surface area contributed by atoms with Crippen molar-refractivity contribution >= 4 is 17.7 Å². The van der Waals surface area contributed by atoms with E-state index in [4.69, 9.17) is 6.42 Å². The van der Waals surface area contributed by atoms with Crippen molar-refractivity contribution in [3.63, 3.8) is 0 Å². The molecule has 2 atom stereocenters. The molecule has 1 aliphatic rings. The first-order valence-corrected chi connectivity index (χ1v) is 7.17. The highest BCUT2D eigenvalue weighted by Gasteiger charge is 2.25. The molecule has 0 bridgehead atoms. The number of terminal acetylenes is 1. The average molecular weight is 174 g/mol. The Kier molecular flexibility index (Phi) is 2.50. The molecule has 1 rings (SSSR count). The van der Waals surface area contributed by atoms with E-state index in [1.54, 1.807) is 0 Å². The Hall–Kier alpha value is 0.140. The first kappa shape index (κ1) is 8.24. The fraction of sp³-hybridized carbons (Fsp3) is 0.714. The SMILES string of the molecule is C#CC1CCCP(C)(=O)S1. The van der Waals surface area contributed by atoms with Gasteiger partial charge in [-0.05, 0) is 19.5 Å². The van der Waals surface area contributed by atoms with Crippen molar-refractivity contribution in [1.29, 1.82) is 0 Å². The molecule has 0 aromatic heterocycles. The molecule has 2 unspecified atom stereocenters. The van der Waals surface area contributed by atoms with E-state index in [2.05, 4.69) is 5.92 Å². The second-order valence-electron chi connectivity index (χ2n) is 2.64. The van der Waals surface area contributed by atoms with Crippen LogP contribution in [0.5, 0.6) is 0 Å². The molecule has 1 heterocycles. The fourth-order valence-corrected chi connectivity index (χ4v) is 5.60. The molecule has 0 amide bonds. The fourth-order valence-electron chi connectivity index (χ4n) is 1.05. The van der Waals surface area contributed by atoms with Gasteiger partial charge < -0.3 is 4.57 Å². The monoisotopic (exact) mass is 174 g/mol. The molecule has 0 spiro atoms. The van der Waals surface area contributed by atoms with Crippen molar-refractivity contribution < 1.29 is 4.57 Å². The molecule has 1 saturated heterocycles. The summed E-state index contributed by atoms with van der Waals surface area (Å²) in [5.74, 6) is 2.65. The minimum Gasteiger partial charge on any atom is -0.312 e. The summed E-state index contributed by atoms with van der Waals surface area (Å²) in [5, 5.41) is 0.213. The minimum atomic E-state index is -1.89. The Morgan fingerprint density at radius 2 is 2.50 bits per heavy atom. The van der Waals surface area contributed by atoms with Gasteiger partial charge in [-0.25, -0.2) is 0 Å². The molecule has 56 valence electrons. The summed E-state index contributed by atoms with van der Waals surface area (Å²) in [4.78, 5) is 0. The molecule has 0 N–H and O–H groups in total. The van der Waals surface area contributed by atoms with Gasteiger partial charge in [-0.3, -0.25) is 0 Å². The highest BCUT2D eigenvalue weighted by molar-refractivity contribution is 8.58. The molecule has 0 aromatic carbocycles. The summed E-state index contributed by atoms with van der Waals surface area (Å²) < 4.78 is 11.5. The van der Waals surface area contributed by atoms with Crippen molar-refractivity contribution in [2.24, 2.45) is 0 Å². The molecule has 1 aliphatic heterocycles. The highest BCUT2D eigenvalue weighted by Crippen LogP contribution is 2.61. The van der Waals surface area contributed by atoms with Crippen LogP contribution in [0.25, 0.3) is 0 Å². The lowest BCUT2D eigenvalue weighted by molar-refractivity contribution is 0.584. The van der Waals surface area contributed by atoms with Gasteiger partial charge in [-0.1, -0.05) is 17.3 Å². The van der Waals surface area contributed by atoms with E-state index in [9.17, 15) is 4.57 Å². The van der Waals surface area contributed by atoms with Crippen LogP contribution in [0.15, 0.2) is 0 Å². The second kappa shape index (κ2) is 3.03. The van der Waals surface area contributed by atoms with Crippen molar-refractivity contribution in [1.82, 2.24) is 0 Å². The topological polar surface area (TPSA) is 17.1 Å². The quantitative estimate of drug-likeness (QED) is 0.414. The van der Waals surface area contributed by atoms with Crippen LogP contribution in [0, 0.1) is 12.3 Å². The Morgan fingerprint density at radius 1 is 1.80 bits per heavy atom. The van der Waals surface area contributed by atoms with E-state index in [1.807, 2.05) is 6.66 Å². The largest absolute Gasteiger partial charge is 0.312 e. The lowest BCUT2D eigenvalue weighted by atomic mass is 10.2. The van der Waals surface area contributed by atoms with E-state index >= 15 is 0 Å². The predicted molar refractivity (Wildman–Crippen MR) is 47.8 cm³/mol. The van der Waals surface area contributed by atoms with Gasteiger partial charge in [-0.2, -0.15) is 0 Å². The Morgan fingerprint density at radius 3 is 2.90 bits per heavy atom. The Labute approximate surface area is 66.1 Å². The standard InChI is InChI=1S/C7H11OPS/c1-3-7-5-4-6-9(2,8)10-7/h1,7H,4-6H2,2H3. The van der Waals surface area contributed by atoms with Crippen molar-refractivity contribution in [2.75, 3.05) is 12.8 Å². The summed E-state index contributed by atoms with van der Waals surface area (Å²) in [5.41, 5.74) is 0. The third kappa shape index (κ3) is 2.08. The van der Waals surface area contributed by atoms with E-state index < -0.39 is 6.34 Å². The van der Waals surface area contributed by atoms with Gasteiger partial charge in [0.05, 0.1) is 5.25 Å². The first-order valence-electron chi connectivity index (χ1n) is 3.35. The molecular formula is C7H11OPS. The van der Waals surface area contributed by atoms with Crippen LogP contribution >= 0.6 is 17.7 Å². The summed E-state index contributed by atoms with van der Waals surface area (Å²) in [6.45, 7) is 1.83. The smallest absolute Gasteiger partial charge is 0.137 e. The zero-order chi connectivity index (χ0) is 7.61. The molecule has 0 aromatic rings. The van der Waals surface area contributed by atoms with Gasteiger partial charge in [0.15, 0.2) is 0 Å². The summed E-state index contributed by atoms with van der Waals surface area (Å²) in [6.07, 6.45) is 6.30. The van der Waals surface area contributed by atoms with Gasteiger partial charge in [0.2, 0.25) is 0 Å². The lowest BCUT2D eigenvalue weighted by Crippen LogP contribution is -2.06. The van der Waals surface area contributed by atoms with Crippen LogP contribution in [-0.4, -0.2) is 18.1 Å². The first-order chi connectivity index (χ1) is 4.64. The molecule has 3 heteroatoms. The zero-order valence-electron chi connectivity index (χ0n) is 6.04. The molecule has 10 heavy (non-hydrogen) atoms. The normalized spacial score (nSPS) is 40.6. The van der Waals surface area contributed by atoms with E-state index in [1.165, 1.54) is 11.4 Å². The third-order valence-corrected chi connectivity index (χ3v) is 6.42. The molecule has 0 aliphatic carbocycles. The van der Waals surface area contributed by atoms with E-state index in [0.29, 0.717) is 0 Å². The van der Waals surface area contributed by atoms with Crippen LogP contribution in [0.4, 0.5) is 0 Å². The van der Waals surface area contributed by atoms with Gasteiger partial charge >= 0.3 is 0 Å². The number of hydrogen-bond donors (Lipinski definition) is 0. The number of rotatable bonds is 0. The van der Waals surface area contributed by atoms with Crippen LogP contribution in [-0.2, 0) is 4.57 Å². The third-order valence-electron chi connectivity index (χ3n) is 1.57. The molecule has 0 saturated carbocycles. The van der Waals surface area contributed by atoms with Gasteiger partial charge in [0.25, 0.3) is 0 Å². The van der Waals surface area contributed by atoms with Crippen LogP contribution in [0.1, 0.15) is 12.8 Å². The van der Waals surface area contributed by atoms with Crippen LogP contribution in [0.2, 0.25) is 0 Å². The average Bonchev–Trinajstić information content (AvgIpc) is 1.86. The van der Waals surface area contributed by atoms with Gasteiger partial charge in [0.1, 0.15) is 6.34 Å². The zero-order valence-corrected chi connectivity index (χ0v) is 7.75. The van der Waals surface area contributed by atoms with Gasteiger partial charge in [-0.15, -0.1) is 6.42 Å². The predicted octanol–water partition coefficient (Wildman–Crippen LogP) is 2.42. The minimum absolute atomic E-state index is 0.213. The maximum Gasteiger partial charge on any atom is 0.137 e. The summed E-state index contributed by atoms with van der Waals surface area (Å²) in [6, 6.07) is 0. The van der Waals surface area contributed by atoms with E-state index in [0.717, 1.165) is 19.0 Å². The van der Waals surface area contributed by atoms with Crippen LogP contribution in [0.3, 0.4) is 0 Å². The Balaban J connectivity index is 2.58. The molecule has 0 radical (unpaired) electrons. The Bertz CT molecular complexity index is 206. The second-order valence-corrected chi connectivity index (χ2v) is 8.85. The summed E-state index contributed by atoms with van der Waals surface area (Å²) >= 11 is 1.51. The lowest BCUT2D eigenvalue weighted by Gasteiger charge is -2.22. The van der Waals surface area contributed by atoms with Crippen molar-refractivity contribution in [3.8, 4) is 12.3 Å². The molecule has 1 fully saturated rings. The molecule has 1 nitrogen and oxygen atoms in total. The van der Waals surface area contributed by atoms with Crippen molar-refractivity contribution in [3.05, 3.63) is 0 Å². The maximum atomic E-state index is 11.5.